The van der Waals surface area contributed by atoms with E-state index in [1.807, 2.05) is 48.5 Å². The van der Waals surface area contributed by atoms with Gasteiger partial charge in [-0.05, 0) is 35.1 Å². The van der Waals surface area contributed by atoms with Crippen molar-refractivity contribution >= 4 is 18.0 Å². The second-order valence-electron chi connectivity index (χ2n) is 8.76. The van der Waals surface area contributed by atoms with E-state index in [1.54, 1.807) is 0 Å². The van der Waals surface area contributed by atoms with Crippen LogP contribution in [0.1, 0.15) is 49.1 Å². The van der Waals surface area contributed by atoms with Crippen molar-refractivity contribution in [3.05, 3.63) is 59.7 Å². The van der Waals surface area contributed by atoms with Gasteiger partial charge in [0, 0.05) is 31.2 Å². The highest BCUT2D eigenvalue weighted by atomic mass is 19.3. The zero-order valence-electron chi connectivity index (χ0n) is 18.4. The van der Waals surface area contributed by atoms with Crippen molar-refractivity contribution in [1.82, 2.24) is 10.6 Å². The van der Waals surface area contributed by atoms with E-state index in [-0.39, 0.29) is 38.2 Å². The molecule has 1 fully saturated rings. The molecular formula is C25H26F2N2O5. The highest BCUT2D eigenvalue weighted by Gasteiger charge is 2.40. The van der Waals surface area contributed by atoms with Crippen LogP contribution in [-0.2, 0) is 14.3 Å². The molecular weight excluding hydrogens is 446 g/mol. The fourth-order valence-electron chi connectivity index (χ4n) is 4.69. The first kappa shape index (κ1) is 23.7. The minimum atomic E-state index is -2.84. The Morgan fingerprint density at radius 3 is 2.24 bits per heavy atom. The van der Waals surface area contributed by atoms with E-state index in [0.29, 0.717) is 0 Å². The molecule has 1 saturated carbocycles. The maximum atomic E-state index is 13.5. The van der Waals surface area contributed by atoms with Gasteiger partial charge in [0.15, 0.2) is 0 Å². The van der Waals surface area contributed by atoms with Gasteiger partial charge in [0.1, 0.15) is 12.6 Å². The topological polar surface area (TPSA) is 105 Å². The number of nitrogens with one attached hydrogen (secondary N) is 2. The van der Waals surface area contributed by atoms with Crippen LogP contribution in [0.25, 0.3) is 11.1 Å². The van der Waals surface area contributed by atoms with Crippen LogP contribution < -0.4 is 10.6 Å². The third-order valence-electron chi connectivity index (χ3n) is 6.35. The molecule has 2 aliphatic carbocycles. The summed E-state index contributed by atoms with van der Waals surface area (Å²) in [5, 5.41) is 13.9. The molecule has 7 nitrogen and oxygen atoms in total. The summed E-state index contributed by atoms with van der Waals surface area (Å²) in [5.74, 6) is -4.85. The highest BCUT2D eigenvalue weighted by molar-refractivity contribution is 5.86. The maximum Gasteiger partial charge on any atom is 0.407 e. The number of rotatable bonds is 8. The van der Waals surface area contributed by atoms with E-state index >= 15 is 0 Å². The Balaban J connectivity index is 1.39. The first-order valence-electron chi connectivity index (χ1n) is 11.2. The summed E-state index contributed by atoms with van der Waals surface area (Å²) in [4.78, 5) is 36.2. The smallest absolute Gasteiger partial charge is 0.407 e. The molecule has 0 saturated heterocycles. The maximum absolute atomic E-state index is 13.5. The molecule has 2 aromatic carbocycles. The minimum Gasteiger partial charge on any atom is -0.481 e. The zero-order valence-corrected chi connectivity index (χ0v) is 18.4. The monoisotopic (exact) mass is 472 g/mol. The summed E-state index contributed by atoms with van der Waals surface area (Å²) in [6.07, 6.45) is -2.11. The first-order valence-corrected chi connectivity index (χ1v) is 11.2. The molecule has 0 aliphatic heterocycles. The molecule has 2 atom stereocenters. The summed E-state index contributed by atoms with van der Waals surface area (Å²) < 4.78 is 32.3. The van der Waals surface area contributed by atoms with Gasteiger partial charge in [0.2, 0.25) is 11.8 Å². The SMILES string of the molecule is O=C(O)CCC(NC(=O)OCC1c2ccccc2-c2ccccc21)C(=O)NC1CCC(F)(F)C1. The second-order valence-corrected chi connectivity index (χ2v) is 8.76. The third-order valence-corrected chi connectivity index (χ3v) is 6.35. The van der Waals surface area contributed by atoms with Crippen LogP contribution in [0.15, 0.2) is 48.5 Å². The standard InChI is InChI=1S/C25H26F2N2O5/c26-25(27)12-11-15(13-25)28-23(32)21(9-10-22(30)31)29-24(33)34-14-20-18-7-3-1-5-16(18)17-6-2-4-8-19(17)20/h1-8,15,20-21H,9-14H2,(H,28,32)(H,29,33)(H,30,31). The lowest BCUT2D eigenvalue weighted by atomic mass is 9.98. The van der Waals surface area contributed by atoms with Crippen LogP contribution in [-0.4, -0.2) is 47.7 Å². The van der Waals surface area contributed by atoms with Crippen LogP contribution in [0.5, 0.6) is 0 Å². The van der Waals surface area contributed by atoms with Crippen molar-refractivity contribution in [2.45, 2.75) is 56.0 Å². The highest BCUT2D eigenvalue weighted by Crippen LogP contribution is 2.44. The first-order chi connectivity index (χ1) is 16.2. The van der Waals surface area contributed by atoms with Gasteiger partial charge in [-0.2, -0.15) is 0 Å². The molecule has 34 heavy (non-hydrogen) atoms. The summed E-state index contributed by atoms with van der Waals surface area (Å²) in [7, 11) is 0. The number of ether oxygens (including phenoxy) is 1. The number of carbonyl (C=O) groups is 3. The van der Waals surface area contributed by atoms with Gasteiger partial charge in [-0.15, -0.1) is 0 Å². The molecule has 2 amide bonds. The molecule has 2 aromatic rings. The number of carboxylic acid groups (broad SMARTS) is 1. The summed E-state index contributed by atoms with van der Waals surface area (Å²) in [6, 6.07) is 13.7. The third kappa shape index (κ3) is 5.35. The van der Waals surface area contributed by atoms with Gasteiger partial charge in [-0.3, -0.25) is 9.59 Å². The summed E-state index contributed by atoms with van der Waals surface area (Å²) in [5.41, 5.74) is 4.19. The van der Waals surface area contributed by atoms with Gasteiger partial charge in [0.25, 0.3) is 0 Å². The normalized spacial score (nSPS) is 19.1. The fraction of sp³-hybridized carbons (Fsp3) is 0.400. The van der Waals surface area contributed by atoms with Crippen molar-refractivity contribution in [2.24, 2.45) is 0 Å². The van der Waals surface area contributed by atoms with Crippen molar-refractivity contribution in [3.8, 4) is 11.1 Å². The van der Waals surface area contributed by atoms with Gasteiger partial charge >= 0.3 is 12.1 Å². The van der Waals surface area contributed by atoms with Gasteiger partial charge in [-0.25, -0.2) is 13.6 Å². The van der Waals surface area contributed by atoms with Crippen LogP contribution in [0.2, 0.25) is 0 Å². The van der Waals surface area contributed by atoms with Crippen molar-refractivity contribution in [1.29, 1.82) is 0 Å². The van der Waals surface area contributed by atoms with Gasteiger partial charge < -0.3 is 20.5 Å². The lowest BCUT2D eigenvalue weighted by Gasteiger charge is -2.21. The number of aliphatic carboxylic acids is 1. The average molecular weight is 472 g/mol. The average Bonchev–Trinajstić information content (AvgIpc) is 3.31. The van der Waals surface area contributed by atoms with E-state index in [4.69, 9.17) is 9.84 Å². The van der Waals surface area contributed by atoms with Crippen LogP contribution in [0.4, 0.5) is 13.6 Å². The molecule has 0 radical (unpaired) electrons. The number of hydrogen-bond acceptors (Lipinski definition) is 4. The molecule has 2 unspecified atom stereocenters. The number of hydrogen-bond donors (Lipinski definition) is 3. The Bertz CT molecular complexity index is 1040. The predicted molar refractivity (Wildman–Crippen MR) is 120 cm³/mol. The van der Waals surface area contributed by atoms with E-state index in [1.165, 1.54) is 0 Å². The Hall–Kier alpha value is -3.49. The number of carbonyl (C=O) groups excluding carboxylic acids is 2. The molecule has 180 valence electrons. The largest absolute Gasteiger partial charge is 0.481 e. The summed E-state index contributed by atoms with van der Waals surface area (Å²) in [6.45, 7) is 0.0297. The van der Waals surface area contributed by atoms with Crippen LogP contribution >= 0.6 is 0 Å². The van der Waals surface area contributed by atoms with E-state index in [0.717, 1.165) is 22.3 Å². The molecule has 4 rings (SSSR count). The Morgan fingerprint density at radius 1 is 1.06 bits per heavy atom. The quantitative estimate of drug-likeness (QED) is 0.538. The number of benzene rings is 2. The fourth-order valence-corrected chi connectivity index (χ4v) is 4.69. The van der Waals surface area contributed by atoms with Crippen molar-refractivity contribution in [3.63, 3.8) is 0 Å². The predicted octanol–water partition coefficient (Wildman–Crippen LogP) is 4.06. The summed E-state index contributed by atoms with van der Waals surface area (Å²) >= 11 is 0. The number of halogens is 2. The molecule has 2 aliphatic rings. The van der Waals surface area contributed by atoms with Crippen LogP contribution in [0.3, 0.4) is 0 Å². The number of alkyl halides is 2. The Labute approximate surface area is 195 Å². The molecule has 0 spiro atoms. The number of fused-ring (bicyclic) bond motifs is 3. The molecule has 9 heteroatoms. The minimum absolute atomic E-state index is 0.0297. The molecule has 0 bridgehead atoms. The lowest BCUT2D eigenvalue weighted by molar-refractivity contribution is -0.137. The van der Waals surface area contributed by atoms with E-state index in [9.17, 15) is 23.2 Å². The number of carboxylic acids is 1. The van der Waals surface area contributed by atoms with Gasteiger partial charge in [-0.1, -0.05) is 48.5 Å². The lowest BCUT2D eigenvalue weighted by Crippen LogP contribution is -2.49. The zero-order chi connectivity index (χ0) is 24.3. The van der Waals surface area contributed by atoms with Gasteiger partial charge in [0.05, 0.1) is 0 Å². The Kier molecular flexibility index (Phi) is 6.81. The Morgan fingerprint density at radius 2 is 1.68 bits per heavy atom. The second kappa shape index (κ2) is 9.79. The van der Waals surface area contributed by atoms with E-state index in [2.05, 4.69) is 10.6 Å². The molecule has 0 heterocycles. The van der Waals surface area contributed by atoms with Crippen molar-refractivity contribution in [2.75, 3.05) is 6.61 Å². The van der Waals surface area contributed by atoms with Crippen LogP contribution in [0, 0.1) is 0 Å². The molecule has 0 aromatic heterocycles. The van der Waals surface area contributed by atoms with E-state index < -0.39 is 42.4 Å². The number of alkyl carbamates (subject to hydrolysis) is 1. The molecule has 3 N–H and O–H groups in total. The number of amides is 2. The van der Waals surface area contributed by atoms with Crippen molar-refractivity contribution < 1.29 is 33.0 Å².